The van der Waals surface area contributed by atoms with Gasteiger partial charge in [-0.3, -0.25) is 14.8 Å². The zero-order valence-electron chi connectivity index (χ0n) is 20.0. The van der Waals surface area contributed by atoms with Crippen LogP contribution >= 0.6 is 0 Å². The van der Waals surface area contributed by atoms with Gasteiger partial charge in [-0.15, -0.1) is 0 Å². The highest BCUT2D eigenvalue weighted by atomic mass is 16.3. The number of nitrogens with one attached hydrogen (secondary N) is 3. The number of nitrogen functional groups attached to an aromatic ring is 2. The maximum absolute atomic E-state index is 11.2. The van der Waals surface area contributed by atoms with E-state index in [4.69, 9.17) is 11.5 Å². The SMILES string of the molecule is Nc1cc(=NC2CC2)n2ncc(=Cc3[nH]c(=O)[nH]c3O)c2n1.Nc1cc(NC2CC2)n2ncc(C=O)c2n1. The average Bonchev–Trinajstić information content (AvgIpc) is 3.76. The molecule has 194 valence electrons. The number of aromatic amines is 2. The number of nitrogens with zero attached hydrogens (tertiary/aromatic N) is 7. The Balaban J connectivity index is 0.000000146. The van der Waals surface area contributed by atoms with E-state index in [1.54, 1.807) is 33.4 Å². The second-order valence-corrected chi connectivity index (χ2v) is 9.16. The third kappa shape index (κ3) is 4.63. The van der Waals surface area contributed by atoms with Crippen molar-refractivity contribution in [2.24, 2.45) is 4.99 Å². The van der Waals surface area contributed by atoms with Gasteiger partial charge in [0.1, 0.15) is 23.1 Å². The van der Waals surface area contributed by atoms with Crippen LogP contribution in [0.3, 0.4) is 0 Å². The number of imidazole rings is 1. The van der Waals surface area contributed by atoms with Crippen LogP contribution in [0, 0.1) is 0 Å². The van der Waals surface area contributed by atoms with Crippen LogP contribution in [-0.2, 0) is 0 Å². The fourth-order valence-corrected chi connectivity index (χ4v) is 3.84. The maximum atomic E-state index is 11.2. The molecule has 7 rings (SSSR count). The van der Waals surface area contributed by atoms with E-state index in [-0.39, 0.29) is 11.6 Å². The van der Waals surface area contributed by atoms with Gasteiger partial charge in [0.05, 0.1) is 24.0 Å². The zero-order chi connectivity index (χ0) is 26.4. The third-order valence-corrected chi connectivity index (χ3v) is 5.97. The number of anilines is 3. The van der Waals surface area contributed by atoms with E-state index < -0.39 is 5.69 Å². The minimum absolute atomic E-state index is 0.240. The van der Waals surface area contributed by atoms with Crippen LogP contribution in [0.25, 0.3) is 17.4 Å². The molecular weight excluding hydrogens is 492 g/mol. The highest BCUT2D eigenvalue weighted by Crippen LogP contribution is 2.26. The predicted molar refractivity (Wildman–Crippen MR) is 137 cm³/mol. The molecule has 2 saturated carbocycles. The Labute approximate surface area is 212 Å². The molecule has 15 heteroatoms. The summed E-state index contributed by atoms with van der Waals surface area (Å²) in [7, 11) is 0. The number of aromatic nitrogens is 8. The summed E-state index contributed by atoms with van der Waals surface area (Å²) >= 11 is 0. The first-order chi connectivity index (χ1) is 18.4. The monoisotopic (exact) mass is 516 g/mol. The van der Waals surface area contributed by atoms with Crippen LogP contribution in [0.1, 0.15) is 41.7 Å². The number of aromatic hydroxyl groups is 1. The Morgan fingerprint density at radius 3 is 2.45 bits per heavy atom. The van der Waals surface area contributed by atoms with Gasteiger partial charge in [0.2, 0.25) is 5.88 Å². The Morgan fingerprint density at radius 1 is 1.03 bits per heavy atom. The molecule has 5 heterocycles. The molecule has 38 heavy (non-hydrogen) atoms. The molecule has 0 amide bonds. The lowest BCUT2D eigenvalue weighted by molar-refractivity contribution is 0.112. The number of aldehydes is 1. The van der Waals surface area contributed by atoms with Crippen molar-refractivity contribution in [1.82, 2.24) is 39.2 Å². The van der Waals surface area contributed by atoms with Crippen LogP contribution in [0.15, 0.2) is 34.3 Å². The molecule has 15 nitrogen and oxygen atoms in total. The fourth-order valence-electron chi connectivity index (χ4n) is 3.84. The number of H-pyrrole nitrogens is 2. The number of carbonyl (C=O) groups excluding carboxylic acids is 1. The van der Waals surface area contributed by atoms with Crippen molar-refractivity contribution in [3.05, 3.63) is 57.0 Å². The van der Waals surface area contributed by atoms with Crippen molar-refractivity contribution >= 4 is 41.1 Å². The van der Waals surface area contributed by atoms with Crippen LogP contribution in [-0.4, -0.2) is 62.6 Å². The van der Waals surface area contributed by atoms with Crippen LogP contribution in [0.4, 0.5) is 17.5 Å². The zero-order valence-corrected chi connectivity index (χ0v) is 20.0. The van der Waals surface area contributed by atoms with Crippen molar-refractivity contribution in [3.63, 3.8) is 0 Å². The second-order valence-electron chi connectivity index (χ2n) is 9.16. The summed E-state index contributed by atoms with van der Waals surface area (Å²) in [5.41, 5.74) is 13.4. The number of hydrogen-bond donors (Lipinski definition) is 6. The van der Waals surface area contributed by atoms with Gasteiger partial charge in [-0.25, -0.2) is 14.8 Å². The Morgan fingerprint density at radius 2 is 1.76 bits per heavy atom. The van der Waals surface area contributed by atoms with Crippen LogP contribution in [0.2, 0.25) is 0 Å². The first kappa shape index (κ1) is 23.2. The lowest BCUT2D eigenvalue weighted by Gasteiger charge is -2.07. The van der Waals surface area contributed by atoms with Gasteiger partial charge in [0.25, 0.3) is 0 Å². The molecule has 0 bridgehead atoms. The van der Waals surface area contributed by atoms with Crippen molar-refractivity contribution < 1.29 is 9.90 Å². The van der Waals surface area contributed by atoms with Gasteiger partial charge in [-0.2, -0.15) is 19.2 Å². The van der Waals surface area contributed by atoms with Gasteiger partial charge in [0, 0.05) is 23.4 Å². The van der Waals surface area contributed by atoms with E-state index in [0.29, 0.717) is 51.3 Å². The fraction of sp³-hybridized carbons (Fsp3) is 0.261. The topological polar surface area (TPSA) is 223 Å². The van der Waals surface area contributed by atoms with Gasteiger partial charge in [-0.05, 0) is 31.8 Å². The highest BCUT2D eigenvalue weighted by Gasteiger charge is 2.23. The molecule has 5 aromatic rings. The average molecular weight is 517 g/mol. The molecule has 0 atom stereocenters. The van der Waals surface area contributed by atoms with Crippen molar-refractivity contribution in [2.75, 3.05) is 16.8 Å². The summed E-state index contributed by atoms with van der Waals surface area (Å²) < 4.78 is 3.21. The molecule has 8 N–H and O–H groups in total. The first-order valence-electron chi connectivity index (χ1n) is 11.9. The molecule has 2 aliphatic rings. The molecule has 2 fully saturated rings. The lowest BCUT2D eigenvalue weighted by Crippen LogP contribution is -2.19. The summed E-state index contributed by atoms with van der Waals surface area (Å²) in [5.74, 6) is 1.28. The highest BCUT2D eigenvalue weighted by molar-refractivity contribution is 5.84. The number of hydrogen-bond acceptors (Lipinski definition) is 11. The van der Waals surface area contributed by atoms with E-state index in [1.165, 1.54) is 6.20 Å². The molecule has 0 saturated heterocycles. The molecular formula is C23H24N12O3. The first-order valence-corrected chi connectivity index (χ1v) is 11.9. The van der Waals surface area contributed by atoms with E-state index >= 15 is 0 Å². The van der Waals surface area contributed by atoms with Crippen LogP contribution in [0.5, 0.6) is 5.88 Å². The number of rotatable bonds is 5. The Bertz CT molecular complexity index is 1860. The van der Waals surface area contributed by atoms with E-state index in [0.717, 1.165) is 37.8 Å². The molecule has 0 aromatic carbocycles. The normalized spacial score (nSPS) is 16.1. The van der Waals surface area contributed by atoms with E-state index in [2.05, 4.69) is 40.4 Å². The van der Waals surface area contributed by atoms with Gasteiger partial charge >= 0.3 is 5.69 Å². The largest absolute Gasteiger partial charge is 0.493 e. The van der Waals surface area contributed by atoms with Crippen molar-refractivity contribution in [2.45, 2.75) is 37.8 Å². The van der Waals surface area contributed by atoms with E-state index in [9.17, 15) is 14.7 Å². The van der Waals surface area contributed by atoms with E-state index in [1.807, 2.05) is 0 Å². The minimum atomic E-state index is -0.489. The van der Waals surface area contributed by atoms with Crippen molar-refractivity contribution in [1.29, 1.82) is 0 Å². The number of fused-ring (bicyclic) bond motifs is 2. The minimum Gasteiger partial charge on any atom is -0.493 e. The predicted octanol–water partition coefficient (Wildman–Crippen LogP) is -0.657. The Kier molecular flexibility index (Phi) is 5.51. The van der Waals surface area contributed by atoms with Crippen LogP contribution < -0.4 is 33.2 Å². The Hall–Kier alpha value is -5.21. The smallest absolute Gasteiger partial charge is 0.326 e. The number of carbonyl (C=O) groups is 1. The molecule has 0 spiro atoms. The molecule has 0 unspecified atom stereocenters. The summed E-state index contributed by atoms with van der Waals surface area (Å²) in [6, 6.07) is 4.23. The maximum Gasteiger partial charge on any atom is 0.326 e. The summed E-state index contributed by atoms with van der Waals surface area (Å²) in [5, 5.41) is 21.9. The molecule has 0 aliphatic heterocycles. The molecule has 2 aliphatic carbocycles. The summed E-state index contributed by atoms with van der Waals surface area (Å²) in [6.45, 7) is 0. The summed E-state index contributed by atoms with van der Waals surface area (Å²) in [4.78, 5) is 39.6. The quantitative estimate of drug-likeness (QED) is 0.162. The lowest BCUT2D eigenvalue weighted by atomic mass is 10.3. The molecule has 5 aromatic heterocycles. The van der Waals surface area contributed by atoms with Gasteiger partial charge < -0.3 is 26.9 Å². The summed E-state index contributed by atoms with van der Waals surface area (Å²) in [6.07, 6.45) is 9.84. The third-order valence-electron chi connectivity index (χ3n) is 5.97. The standard InChI is InChI=1S/C13H13N7O2.C10H11N5O/c14-9-4-10(16-7-1-2-7)20-11(18-9)6(5-15-20)3-8-12(21)19-13(22)17-8;11-8-3-9(13-7-1-2-7)15-10(14-8)6(5-16)4-12-15/h3-5,7,21H,1-2,14H2,(H2,17,19,22);3-5,7,13H,1-2H2,(H2,11,14). The molecule has 0 radical (unpaired) electrons. The number of nitrogens with two attached hydrogens (primary N) is 2. The van der Waals surface area contributed by atoms with Gasteiger partial charge in [-0.1, -0.05) is 0 Å². The van der Waals surface area contributed by atoms with Crippen molar-refractivity contribution in [3.8, 4) is 5.88 Å². The van der Waals surface area contributed by atoms with Gasteiger partial charge in [0.15, 0.2) is 23.1 Å². The second kappa shape index (κ2) is 9.02.